The minimum atomic E-state index is 0.496. The van der Waals surface area contributed by atoms with E-state index in [2.05, 4.69) is 16.0 Å². The Morgan fingerprint density at radius 1 is 1.00 bits per heavy atom. The molecule has 0 aliphatic rings. The Balaban J connectivity index is 2.14. The van der Waals surface area contributed by atoms with E-state index in [1.807, 2.05) is 54.0 Å². The Labute approximate surface area is 121 Å². The van der Waals surface area contributed by atoms with Crippen LogP contribution in [0.5, 0.6) is 0 Å². The van der Waals surface area contributed by atoms with Crippen molar-refractivity contribution in [2.45, 2.75) is 6.92 Å². The molecule has 0 saturated carbocycles. The third kappa shape index (κ3) is 1.69. The lowest BCUT2D eigenvalue weighted by molar-refractivity contribution is 1.12. The molecule has 2 aromatic heterocycles. The number of hydrogen-bond donors (Lipinski definition) is 1. The minimum absolute atomic E-state index is 0.496. The summed E-state index contributed by atoms with van der Waals surface area (Å²) in [5.41, 5.74) is 11.2. The number of pyridine rings is 1. The summed E-state index contributed by atoms with van der Waals surface area (Å²) < 4.78 is 1.99. The molecule has 0 radical (unpaired) electrons. The SMILES string of the molecule is Cc1cccc2c1nc(N)n2-c1cccc2ncccc12. The van der Waals surface area contributed by atoms with Gasteiger partial charge in [0.2, 0.25) is 5.95 Å². The normalized spacial score (nSPS) is 11.3. The summed E-state index contributed by atoms with van der Waals surface area (Å²) in [7, 11) is 0. The van der Waals surface area contributed by atoms with Gasteiger partial charge in [0.25, 0.3) is 0 Å². The Morgan fingerprint density at radius 2 is 1.86 bits per heavy atom. The standard InChI is InChI=1S/C17H14N4/c1-11-5-2-9-15-16(11)20-17(18)21(15)14-8-3-7-13-12(14)6-4-10-19-13/h2-10H,1H3,(H2,18,20). The molecule has 0 unspecified atom stereocenters. The van der Waals surface area contributed by atoms with E-state index in [-0.39, 0.29) is 0 Å². The second kappa shape index (κ2) is 4.31. The molecule has 2 N–H and O–H groups in total. The molecular weight excluding hydrogens is 260 g/mol. The van der Waals surface area contributed by atoms with Crippen LogP contribution < -0.4 is 5.73 Å². The van der Waals surface area contributed by atoms with Gasteiger partial charge >= 0.3 is 0 Å². The smallest absolute Gasteiger partial charge is 0.205 e. The maximum atomic E-state index is 6.18. The van der Waals surface area contributed by atoms with Gasteiger partial charge in [0, 0.05) is 11.6 Å². The molecule has 0 aliphatic heterocycles. The molecule has 0 bridgehead atoms. The van der Waals surface area contributed by atoms with Crippen molar-refractivity contribution in [1.82, 2.24) is 14.5 Å². The van der Waals surface area contributed by atoms with Crippen LogP contribution in [0.4, 0.5) is 5.95 Å². The predicted octanol–water partition coefficient (Wildman–Crippen LogP) is 3.46. The van der Waals surface area contributed by atoms with Crippen molar-refractivity contribution >= 4 is 27.9 Å². The lowest BCUT2D eigenvalue weighted by Crippen LogP contribution is -2.01. The van der Waals surface area contributed by atoms with Crippen LogP contribution in [0.2, 0.25) is 0 Å². The van der Waals surface area contributed by atoms with E-state index in [9.17, 15) is 0 Å². The second-order valence-electron chi connectivity index (χ2n) is 5.10. The number of aromatic nitrogens is 3. The second-order valence-corrected chi connectivity index (χ2v) is 5.10. The Morgan fingerprint density at radius 3 is 2.76 bits per heavy atom. The van der Waals surface area contributed by atoms with E-state index in [1.54, 1.807) is 6.20 Å². The molecule has 2 aromatic carbocycles. The zero-order valence-corrected chi connectivity index (χ0v) is 11.6. The lowest BCUT2D eigenvalue weighted by atomic mass is 10.1. The van der Waals surface area contributed by atoms with Crippen LogP contribution in [0.15, 0.2) is 54.7 Å². The summed E-state index contributed by atoms with van der Waals surface area (Å²) in [5.74, 6) is 0.496. The molecular formula is C17H14N4. The van der Waals surface area contributed by atoms with E-state index in [0.29, 0.717) is 5.95 Å². The van der Waals surface area contributed by atoms with E-state index >= 15 is 0 Å². The molecule has 0 fully saturated rings. The van der Waals surface area contributed by atoms with Crippen molar-refractivity contribution in [1.29, 1.82) is 0 Å². The van der Waals surface area contributed by atoms with Crippen LogP contribution in [-0.4, -0.2) is 14.5 Å². The fraction of sp³-hybridized carbons (Fsp3) is 0.0588. The summed E-state index contributed by atoms with van der Waals surface area (Å²) in [6.45, 7) is 2.05. The van der Waals surface area contributed by atoms with Crippen molar-refractivity contribution in [3.05, 3.63) is 60.3 Å². The first-order valence-electron chi connectivity index (χ1n) is 6.83. The largest absolute Gasteiger partial charge is 0.369 e. The first-order chi connectivity index (χ1) is 10.3. The molecule has 4 heteroatoms. The van der Waals surface area contributed by atoms with Crippen molar-refractivity contribution in [2.75, 3.05) is 5.73 Å². The first-order valence-corrected chi connectivity index (χ1v) is 6.83. The first kappa shape index (κ1) is 11.9. The average molecular weight is 274 g/mol. The zero-order valence-electron chi connectivity index (χ0n) is 11.6. The molecule has 4 rings (SSSR count). The summed E-state index contributed by atoms with van der Waals surface area (Å²) in [4.78, 5) is 8.92. The number of fused-ring (bicyclic) bond motifs is 2. The highest BCUT2D eigenvalue weighted by Gasteiger charge is 2.13. The fourth-order valence-corrected chi connectivity index (χ4v) is 2.79. The van der Waals surface area contributed by atoms with Gasteiger partial charge in [-0.3, -0.25) is 9.55 Å². The predicted molar refractivity (Wildman–Crippen MR) is 85.5 cm³/mol. The Hall–Kier alpha value is -2.88. The van der Waals surface area contributed by atoms with Gasteiger partial charge in [0.05, 0.1) is 22.2 Å². The zero-order chi connectivity index (χ0) is 14.4. The van der Waals surface area contributed by atoms with Gasteiger partial charge in [-0.05, 0) is 42.8 Å². The third-order valence-corrected chi connectivity index (χ3v) is 3.78. The van der Waals surface area contributed by atoms with Crippen LogP contribution in [0, 0.1) is 6.92 Å². The third-order valence-electron chi connectivity index (χ3n) is 3.78. The van der Waals surface area contributed by atoms with Crippen molar-refractivity contribution < 1.29 is 0 Å². The number of aryl methyl sites for hydroxylation is 1. The molecule has 0 aliphatic carbocycles. The minimum Gasteiger partial charge on any atom is -0.369 e. The quantitative estimate of drug-likeness (QED) is 0.578. The van der Waals surface area contributed by atoms with Gasteiger partial charge in [-0.15, -0.1) is 0 Å². The molecule has 0 amide bonds. The number of nitrogens with zero attached hydrogens (tertiary/aromatic N) is 3. The van der Waals surface area contributed by atoms with Gasteiger partial charge in [0.1, 0.15) is 0 Å². The number of hydrogen-bond acceptors (Lipinski definition) is 3. The van der Waals surface area contributed by atoms with Crippen LogP contribution in [0.1, 0.15) is 5.56 Å². The summed E-state index contributed by atoms with van der Waals surface area (Å²) in [6.07, 6.45) is 1.80. The molecule has 4 aromatic rings. The van der Waals surface area contributed by atoms with Gasteiger partial charge in [-0.25, -0.2) is 4.98 Å². The maximum Gasteiger partial charge on any atom is 0.205 e. The molecule has 0 atom stereocenters. The number of nitrogen functional groups attached to an aromatic ring is 1. The number of benzene rings is 2. The van der Waals surface area contributed by atoms with Crippen molar-refractivity contribution in [3.8, 4) is 5.69 Å². The van der Waals surface area contributed by atoms with Crippen LogP contribution in [0.3, 0.4) is 0 Å². The molecule has 21 heavy (non-hydrogen) atoms. The highest BCUT2D eigenvalue weighted by atomic mass is 15.2. The maximum absolute atomic E-state index is 6.18. The number of imidazole rings is 1. The highest BCUT2D eigenvalue weighted by Crippen LogP contribution is 2.29. The number of para-hydroxylation sites is 1. The Kier molecular flexibility index (Phi) is 2.44. The van der Waals surface area contributed by atoms with Crippen molar-refractivity contribution in [3.63, 3.8) is 0 Å². The van der Waals surface area contributed by atoms with Gasteiger partial charge in [0.15, 0.2) is 0 Å². The highest BCUT2D eigenvalue weighted by molar-refractivity contribution is 5.92. The lowest BCUT2D eigenvalue weighted by Gasteiger charge is -2.09. The van der Waals surface area contributed by atoms with E-state index in [0.717, 1.165) is 33.2 Å². The number of nitrogens with two attached hydrogens (primary N) is 1. The monoisotopic (exact) mass is 274 g/mol. The molecule has 0 spiro atoms. The van der Waals surface area contributed by atoms with Crippen molar-refractivity contribution in [2.24, 2.45) is 0 Å². The summed E-state index contributed by atoms with van der Waals surface area (Å²) in [6, 6.07) is 16.1. The van der Waals surface area contributed by atoms with Crippen LogP contribution >= 0.6 is 0 Å². The average Bonchev–Trinajstić information content (AvgIpc) is 2.84. The number of rotatable bonds is 1. The molecule has 0 saturated heterocycles. The van der Waals surface area contributed by atoms with Crippen LogP contribution in [-0.2, 0) is 0 Å². The topological polar surface area (TPSA) is 56.7 Å². The van der Waals surface area contributed by atoms with Gasteiger partial charge < -0.3 is 5.73 Å². The number of anilines is 1. The van der Waals surface area contributed by atoms with E-state index in [4.69, 9.17) is 5.73 Å². The molecule has 102 valence electrons. The fourth-order valence-electron chi connectivity index (χ4n) is 2.79. The summed E-state index contributed by atoms with van der Waals surface area (Å²) in [5, 5.41) is 1.06. The van der Waals surface area contributed by atoms with E-state index < -0.39 is 0 Å². The van der Waals surface area contributed by atoms with Gasteiger partial charge in [-0.2, -0.15) is 0 Å². The van der Waals surface area contributed by atoms with Gasteiger partial charge in [-0.1, -0.05) is 18.2 Å². The van der Waals surface area contributed by atoms with Crippen LogP contribution in [0.25, 0.3) is 27.6 Å². The summed E-state index contributed by atoms with van der Waals surface area (Å²) >= 11 is 0. The molecule has 4 nitrogen and oxygen atoms in total. The Bertz CT molecular complexity index is 964. The molecule has 2 heterocycles. The van der Waals surface area contributed by atoms with E-state index in [1.165, 1.54) is 0 Å².